The number of hydrogen-bond acceptors (Lipinski definition) is 4. The second-order valence-electron chi connectivity index (χ2n) is 7.55. The van der Waals surface area contributed by atoms with Crippen molar-refractivity contribution >= 4 is 11.6 Å². The van der Waals surface area contributed by atoms with Crippen LogP contribution >= 0.6 is 0 Å². The van der Waals surface area contributed by atoms with Crippen LogP contribution in [0.3, 0.4) is 0 Å². The molecule has 0 N–H and O–H groups in total. The van der Waals surface area contributed by atoms with Gasteiger partial charge in [-0.3, -0.25) is 14.3 Å². The molecule has 1 aliphatic heterocycles. The highest BCUT2D eigenvalue weighted by atomic mass is 16.5. The highest BCUT2D eigenvalue weighted by Gasteiger charge is 2.36. The molecule has 1 aliphatic rings. The molecule has 0 saturated carbocycles. The SMILES string of the molecule is CCC(=O)c1cc(C(=O)Cc2cnn(C)c2)cc2c1O[C@H](C)[C@H]2c1ccccc1. The first-order valence-corrected chi connectivity index (χ1v) is 9.91. The average molecular weight is 388 g/mol. The molecule has 3 aromatic rings. The second-order valence-corrected chi connectivity index (χ2v) is 7.55. The predicted octanol–water partition coefficient (Wildman–Crippen LogP) is 4.35. The van der Waals surface area contributed by atoms with E-state index in [-0.39, 0.29) is 30.0 Å². The molecule has 0 amide bonds. The Labute approximate surface area is 170 Å². The van der Waals surface area contributed by atoms with E-state index in [1.807, 2.05) is 51.4 Å². The number of Topliss-reactive ketones (excluding diaryl/α,β-unsaturated/α-hetero) is 2. The third-order valence-corrected chi connectivity index (χ3v) is 5.45. The van der Waals surface area contributed by atoms with Crippen molar-refractivity contribution in [1.82, 2.24) is 9.78 Å². The van der Waals surface area contributed by atoms with Gasteiger partial charge in [-0.25, -0.2) is 0 Å². The van der Waals surface area contributed by atoms with E-state index < -0.39 is 0 Å². The number of ether oxygens (including phenoxy) is 1. The number of fused-ring (bicyclic) bond motifs is 1. The maximum atomic E-state index is 13.0. The number of nitrogens with zero attached hydrogens (tertiary/aromatic N) is 2. The Morgan fingerprint density at radius 2 is 1.90 bits per heavy atom. The van der Waals surface area contributed by atoms with Crippen LogP contribution in [0.25, 0.3) is 0 Å². The van der Waals surface area contributed by atoms with Gasteiger partial charge < -0.3 is 4.74 Å². The first-order valence-electron chi connectivity index (χ1n) is 9.91. The highest BCUT2D eigenvalue weighted by Crippen LogP contribution is 2.45. The minimum absolute atomic E-state index is 0.0132. The summed E-state index contributed by atoms with van der Waals surface area (Å²) in [6.07, 6.45) is 4.03. The number of aromatic nitrogens is 2. The monoisotopic (exact) mass is 388 g/mol. The van der Waals surface area contributed by atoms with Crippen LogP contribution in [0, 0.1) is 0 Å². The molecule has 4 rings (SSSR count). The summed E-state index contributed by atoms with van der Waals surface area (Å²) in [5.41, 5.74) is 3.93. The Morgan fingerprint density at radius 3 is 2.55 bits per heavy atom. The Balaban J connectivity index is 1.79. The number of carbonyl (C=O) groups is 2. The maximum absolute atomic E-state index is 13.0. The summed E-state index contributed by atoms with van der Waals surface area (Å²) < 4.78 is 7.82. The topological polar surface area (TPSA) is 61.2 Å². The Bertz CT molecular complexity index is 1070. The molecule has 5 heteroatoms. The molecule has 2 aromatic carbocycles. The first-order chi connectivity index (χ1) is 14.0. The van der Waals surface area contributed by atoms with Gasteiger partial charge in [0, 0.05) is 43.1 Å². The number of hydrogen-bond donors (Lipinski definition) is 0. The second kappa shape index (κ2) is 7.66. The molecule has 5 nitrogen and oxygen atoms in total. The van der Waals surface area contributed by atoms with Crippen LogP contribution in [-0.4, -0.2) is 27.5 Å². The zero-order valence-corrected chi connectivity index (χ0v) is 16.9. The lowest BCUT2D eigenvalue weighted by molar-refractivity contribution is 0.0983. The molecule has 0 spiro atoms. The van der Waals surface area contributed by atoms with Crippen LogP contribution < -0.4 is 4.74 Å². The van der Waals surface area contributed by atoms with Crippen molar-refractivity contribution in [2.45, 2.75) is 38.7 Å². The highest BCUT2D eigenvalue weighted by molar-refractivity contribution is 6.04. The van der Waals surface area contributed by atoms with Crippen LogP contribution in [-0.2, 0) is 13.5 Å². The maximum Gasteiger partial charge on any atom is 0.167 e. The third-order valence-electron chi connectivity index (χ3n) is 5.45. The summed E-state index contributed by atoms with van der Waals surface area (Å²) in [6.45, 7) is 3.83. The van der Waals surface area contributed by atoms with Crippen molar-refractivity contribution in [1.29, 1.82) is 0 Å². The van der Waals surface area contributed by atoms with Gasteiger partial charge >= 0.3 is 0 Å². The van der Waals surface area contributed by atoms with Crippen molar-refractivity contribution < 1.29 is 14.3 Å². The fraction of sp³-hybridized carbons (Fsp3) is 0.292. The fourth-order valence-electron chi connectivity index (χ4n) is 4.04. The van der Waals surface area contributed by atoms with Gasteiger partial charge in [0.1, 0.15) is 11.9 Å². The number of benzene rings is 2. The fourth-order valence-corrected chi connectivity index (χ4v) is 4.04. The summed E-state index contributed by atoms with van der Waals surface area (Å²) in [5, 5.41) is 4.13. The van der Waals surface area contributed by atoms with Crippen LogP contribution in [0.5, 0.6) is 5.75 Å². The molecule has 0 radical (unpaired) electrons. The van der Waals surface area contributed by atoms with Gasteiger partial charge in [0.15, 0.2) is 11.6 Å². The quantitative estimate of drug-likeness (QED) is 0.589. The molecule has 0 aliphatic carbocycles. The zero-order chi connectivity index (χ0) is 20.5. The van der Waals surface area contributed by atoms with E-state index in [4.69, 9.17) is 4.74 Å². The summed E-state index contributed by atoms with van der Waals surface area (Å²) >= 11 is 0. The van der Waals surface area contributed by atoms with Gasteiger partial charge in [0.05, 0.1) is 11.8 Å². The number of rotatable bonds is 6. The van der Waals surface area contributed by atoms with Crippen molar-refractivity contribution in [3.8, 4) is 5.75 Å². The molecule has 0 fully saturated rings. The normalized spacial score (nSPS) is 17.6. The zero-order valence-electron chi connectivity index (χ0n) is 16.9. The molecular weight excluding hydrogens is 364 g/mol. The van der Waals surface area contributed by atoms with Gasteiger partial charge in [-0.05, 0) is 30.2 Å². The molecule has 2 atom stereocenters. The van der Waals surface area contributed by atoms with Crippen molar-refractivity contribution in [2.24, 2.45) is 7.05 Å². The van der Waals surface area contributed by atoms with Gasteiger partial charge in [-0.2, -0.15) is 5.10 Å². The Kier molecular flexibility index (Phi) is 5.05. The Hall–Kier alpha value is -3.21. The molecule has 0 unspecified atom stereocenters. The number of ketones is 2. The van der Waals surface area contributed by atoms with Gasteiger partial charge in [0.25, 0.3) is 0 Å². The number of aryl methyl sites for hydroxylation is 1. The molecule has 148 valence electrons. The van der Waals surface area contributed by atoms with Crippen molar-refractivity contribution in [3.63, 3.8) is 0 Å². The summed E-state index contributed by atoms with van der Waals surface area (Å²) in [4.78, 5) is 25.7. The van der Waals surface area contributed by atoms with E-state index in [0.29, 0.717) is 23.3 Å². The van der Waals surface area contributed by atoms with E-state index in [9.17, 15) is 9.59 Å². The third kappa shape index (κ3) is 3.60. The lowest BCUT2D eigenvalue weighted by atomic mass is 9.85. The summed E-state index contributed by atoms with van der Waals surface area (Å²) in [7, 11) is 1.82. The van der Waals surface area contributed by atoms with E-state index in [1.165, 1.54) is 0 Å². The first kappa shape index (κ1) is 19.1. The molecule has 1 aromatic heterocycles. The predicted molar refractivity (Wildman–Crippen MR) is 111 cm³/mol. The lowest BCUT2D eigenvalue weighted by Crippen LogP contribution is -2.15. The minimum atomic E-state index is -0.112. The van der Waals surface area contributed by atoms with Crippen molar-refractivity contribution in [2.75, 3.05) is 0 Å². The van der Waals surface area contributed by atoms with Gasteiger partial charge in [-0.1, -0.05) is 37.3 Å². The van der Waals surface area contributed by atoms with E-state index in [0.717, 1.165) is 16.7 Å². The van der Waals surface area contributed by atoms with Crippen LogP contribution in [0.1, 0.15) is 63.6 Å². The molecule has 2 heterocycles. The lowest BCUT2D eigenvalue weighted by Gasteiger charge is -2.15. The molecule has 29 heavy (non-hydrogen) atoms. The Morgan fingerprint density at radius 1 is 1.14 bits per heavy atom. The van der Waals surface area contributed by atoms with Crippen LogP contribution in [0.2, 0.25) is 0 Å². The van der Waals surface area contributed by atoms with Gasteiger partial charge in [-0.15, -0.1) is 0 Å². The smallest absolute Gasteiger partial charge is 0.167 e. The van der Waals surface area contributed by atoms with Crippen molar-refractivity contribution in [3.05, 3.63) is 82.7 Å². The van der Waals surface area contributed by atoms with Gasteiger partial charge in [0.2, 0.25) is 0 Å². The molecule has 0 bridgehead atoms. The van der Waals surface area contributed by atoms with E-state index in [2.05, 4.69) is 17.2 Å². The molecule has 0 saturated heterocycles. The minimum Gasteiger partial charge on any atom is -0.489 e. The van der Waals surface area contributed by atoms with E-state index in [1.54, 1.807) is 16.9 Å². The number of carbonyl (C=O) groups excluding carboxylic acids is 2. The standard InChI is InChI=1S/C24H24N2O3/c1-4-21(27)19-11-18(22(28)10-16-13-25-26(3)14-16)12-20-23(15(2)29-24(19)20)17-8-6-5-7-9-17/h5-9,11-15,23H,4,10H2,1-3H3/t15-,23+/m1/s1. The van der Waals surface area contributed by atoms with E-state index >= 15 is 0 Å². The molecular formula is C24H24N2O3. The summed E-state index contributed by atoms with van der Waals surface area (Å²) in [6, 6.07) is 13.7. The van der Waals surface area contributed by atoms with Crippen LogP contribution in [0.4, 0.5) is 0 Å². The average Bonchev–Trinajstić information content (AvgIpc) is 3.28. The summed E-state index contributed by atoms with van der Waals surface area (Å²) in [5.74, 6) is 0.562. The largest absolute Gasteiger partial charge is 0.489 e. The van der Waals surface area contributed by atoms with Crippen LogP contribution in [0.15, 0.2) is 54.9 Å².